The Morgan fingerprint density at radius 2 is 0.905 bits per heavy atom. The van der Waals surface area contributed by atoms with Crippen LogP contribution in [0.3, 0.4) is 0 Å². The fourth-order valence-corrected chi connectivity index (χ4v) is 4.82. The van der Waals surface area contributed by atoms with E-state index in [4.69, 9.17) is 10.2 Å². The van der Waals surface area contributed by atoms with Gasteiger partial charge in [-0.05, 0) is 44.2 Å². The fourth-order valence-electron chi connectivity index (χ4n) is 4.82. The molecule has 0 spiro atoms. The molecule has 0 radical (unpaired) electrons. The average molecular weight is 555 g/mol. The molecule has 0 aliphatic carbocycles. The van der Waals surface area contributed by atoms with Gasteiger partial charge in [-0.15, -0.1) is 0 Å². The Labute approximate surface area is 249 Å². The molecular weight excluding hydrogens is 516 g/mol. The molecule has 0 amide bonds. The second-order valence-electron chi connectivity index (χ2n) is 10.4. The molecule has 210 valence electrons. The Morgan fingerprint density at radius 1 is 0.524 bits per heavy atom. The van der Waals surface area contributed by atoms with Crippen LogP contribution in [-0.2, 0) is 13.1 Å². The first kappa shape index (κ1) is 28.4. The van der Waals surface area contributed by atoms with E-state index in [2.05, 4.69) is 107 Å². The fraction of sp³-hybridized carbons (Fsp3) is 0.167. The highest BCUT2D eigenvalue weighted by atomic mass is 15.4. The normalized spacial score (nSPS) is 11.8. The van der Waals surface area contributed by atoms with E-state index in [-0.39, 0.29) is 0 Å². The molecule has 3 aromatic carbocycles. The molecule has 0 saturated heterocycles. The van der Waals surface area contributed by atoms with Gasteiger partial charge in [-0.2, -0.15) is 10.2 Å². The molecular formula is C36H38N6+2. The van der Waals surface area contributed by atoms with Crippen LogP contribution in [0.1, 0.15) is 36.1 Å². The zero-order valence-electron chi connectivity index (χ0n) is 24.8. The number of aromatic nitrogens is 2. The Morgan fingerprint density at radius 3 is 1.29 bits per heavy atom. The maximum absolute atomic E-state index is 4.75. The number of hydrazone groups is 2. The first-order valence-corrected chi connectivity index (χ1v) is 14.2. The van der Waals surface area contributed by atoms with Gasteiger partial charge in [0.2, 0.25) is 0 Å². The molecule has 0 fully saturated rings. The van der Waals surface area contributed by atoms with E-state index in [1.807, 2.05) is 74.4 Å². The lowest BCUT2D eigenvalue weighted by Crippen LogP contribution is -2.34. The van der Waals surface area contributed by atoms with Gasteiger partial charge in [-0.25, -0.2) is 9.13 Å². The van der Waals surface area contributed by atoms with Crippen molar-refractivity contribution in [3.63, 3.8) is 0 Å². The highest BCUT2D eigenvalue weighted by Crippen LogP contribution is 2.14. The van der Waals surface area contributed by atoms with E-state index in [0.29, 0.717) is 0 Å². The van der Waals surface area contributed by atoms with Gasteiger partial charge in [0.1, 0.15) is 0 Å². The van der Waals surface area contributed by atoms with Crippen molar-refractivity contribution in [1.82, 2.24) is 0 Å². The minimum atomic E-state index is 0.808. The Balaban J connectivity index is 1.20. The monoisotopic (exact) mass is 554 g/mol. The molecule has 6 nitrogen and oxygen atoms in total. The minimum absolute atomic E-state index is 0.808. The van der Waals surface area contributed by atoms with Crippen molar-refractivity contribution < 1.29 is 9.13 Å². The third-order valence-electron chi connectivity index (χ3n) is 7.20. The van der Waals surface area contributed by atoms with Crippen molar-refractivity contribution in [3.05, 3.63) is 156 Å². The second-order valence-corrected chi connectivity index (χ2v) is 10.4. The summed E-state index contributed by atoms with van der Waals surface area (Å²) in [5, 5.41) is 13.3. The quantitative estimate of drug-likeness (QED) is 0.119. The molecule has 0 unspecified atom stereocenters. The van der Waals surface area contributed by atoms with Crippen LogP contribution >= 0.6 is 0 Å². The lowest BCUT2D eigenvalue weighted by Gasteiger charge is -2.14. The standard InChI is InChI=1S/C36H38N6/c1-29(37-39(3)35-14-7-5-8-15-35)33-18-22-41(23-19-33)27-31-12-11-13-32(26-31)28-42-24-20-34(21-25-42)30(2)38-40(4)36-16-9-6-10-17-36/h5-26H,27-28H2,1-4H3/q+2. The van der Waals surface area contributed by atoms with Crippen molar-refractivity contribution >= 4 is 22.8 Å². The number of nitrogens with zero attached hydrogens (tertiary/aromatic N) is 6. The smallest absolute Gasteiger partial charge is 0.173 e. The summed E-state index contributed by atoms with van der Waals surface area (Å²) in [5.41, 5.74) is 8.82. The van der Waals surface area contributed by atoms with Crippen LogP contribution in [0, 0.1) is 0 Å². The number of benzene rings is 3. The summed E-state index contributed by atoms with van der Waals surface area (Å²) in [6.45, 7) is 5.71. The molecule has 0 aliphatic rings. The lowest BCUT2D eigenvalue weighted by molar-refractivity contribution is -0.689. The third-order valence-corrected chi connectivity index (χ3v) is 7.20. The molecule has 0 bridgehead atoms. The van der Waals surface area contributed by atoms with Gasteiger partial charge in [-0.3, -0.25) is 10.0 Å². The van der Waals surface area contributed by atoms with Crippen LogP contribution in [-0.4, -0.2) is 25.5 Å². The van der Waals surface area contributed by atoms with Crippen LogP contribution in [0.15, 0.2) is 144 Å². The summed E-state index contributed by atoms with van der Waals surface area (Å²) in [7, 11) is 3.95. The van der Waals surface area contributed by atoms with Crippen LogP contribution < -0.4 is 19.2 Å². The summed E-state index contributed by atoms with van der Waals surface area (Å²) >= 11 is 0. The van der Waals surface area contributed by atoms with Gasteiger partial charge in [-0.1, -0.05) is 54.6 Å². The lowest BCUT2D eigenvalue weighted by atomic mass is 10.1. The highest BCUT2D eigenvalue weighted by Gasteiger charge is 2.10. The van der Waals surface area contributed by atoms with E-state index in [9.17, 15) is 0 Å². The molecule has 5 aromatic rings. The van der Waals surface area contributed by atoms with E-state index >= 15 is 0 Å². The van der Waals surface area contributed by atoms with E-state index < -0.39 is 0 Å². The molecule has 0 atom stereocenters. The molecule has 0 saturated carbocycles. The van der Waals surface area contributed by atoms with Gasteiger partial charge in [0.15, 0.2) is 37.9 Å². The molecule has 0 N–H and O–H groups in total. The zero-order valence-corrected chi connectivity index (χ0v) is 24.8. The molecule has 6 heteroatoms. The molecule has 2 heterocycles. The SMILES string of the molecule is C/C(=N\N(C)c1ccccc1)c1cc[n+](Cc2cccc(C[n+]3ccc(/C(C)=N/N(C)c4ccccc4)cc3)c2)cc1. The highest BCUT2D eigenvalue weighted by molar-refractivity contribution is 5.99. The second kappa shape index (κ2) is 13.5. The largest absolute Gasteiger partial charge is 0.268 e. The average Bonchev–Trinajstić information content (AvgIpc) is 3.02. The van der Waals surface area contributed by atoms with Crippen molar-refractivity contribution in [3.8, 4) is 0 Å². The van der Waals surface area contributed by atoms with Crippen molar-refractivity contribution in [2.45, 2.75) is 26.9 Å². The predicted molar refractivity (Wildman–Crippen MR) is 172 cm³/mol. The zero-order chi connectivity index (χ0) is 29.3. The molecule has 42 heavy (non-hydrogen) atoms. The maximum atomic E-state index is 4.75. The topological polar surface area (TPSA) is 39.0 Å². The van der Waals surface area contributed by atoms with E-state index in [0.717, 1.165) is 47.0 Å². The molecule has 2 aromatic heterocycles. The molecule has 5 rings (SSSR count). The van der Waals surface area contributed by atoms with Crippen LogP contribution in [0.25, 0.3) is 0 Å². The van der Waals surface area contributed by atoms with Gasteiger partial charge in [0.05, 0.1) is 22.8 Å². The van der Waals surface area contributed by atoms with E-state index in [1.165, 1.54) is 11.1 Å². The van der Waals surface area contributed by atoms with Gasteiger partial charge in [0.25, 0.3) is 0 Å². The molecule has 0 aliphatic heterocycles. The number of anilines is 2. The Hall–Kier alpha value is -5.10. The first-order chi connectivity index (χ1) is 20.4. The van der Waals surface area contributed by atoms with Crippen molar-refractivity contribution in [2.24, 2.45) is 10.2 Å². The third kappa shape index (κ3) is 7.55. The Bertz CT molecular complexity index is 1520. The van der Waals surface area contributed by atoms with Gasteiger partial charge >= 0.3 is 0 Å². The van der Waals surface area contributed by atoms with Gasteiger partial charge in [0, 0.05) is 60.6 Å². The number of hydrogen-bond acceptors (Lipinski definition) is 4. The van der Waals surface area contributed by atoms with Crippen LogP contribution in [0.2, 0.25) is 0 Å². The summed E-state index contributed by atoms with van der Waals surface area (Å²) in [6.07, 6.45) is 8.48. The van der Waals surface area contributed by atoms with Crippen molar-refractivity contribution in [2.75, 3.05) is 24.1 Å². The summed E-state index contributed by atoms with van der Waals surface area (Å²) in [4.78, 5) is 0. The van der Waals surface area contributed by atoms with E-state index in [1.54, 1.807) is 0 Å². The minimum Gasteiger partial charge on any atom is -0.268 e. The summed E-state index contributed by atoms with van der Waals surface area (Å²) < 4.78 is 4.40. The van der Waals surface area contributed by atoms with Gasteiger partial charge < -0.3 is 0 Å². The van der Waals surface area contributed by atoms with Crippen molar-refractivity contribution in [1.29, 1.82) is 0 Å². The Kier molecular flexibility index (Phi) is 9.14. The number of para-hydroxylation sites is 2. The number of pyridine rings is 2. The van der Waals surface area contributed by atoms with Crippen LogP contribution in [0.4, 0.5) is 11.4 Å². The summed E-state index contributed by atoms with van der Waals surface area (Å²) in [6, 6.07) is 37.6. The number of rotatable bonds is 10. The summed E-state index contributed by atoms with van der Waals surface area (Å²) in [5.74, 6) is 0. The predicted octanol–water partition coefficient (Wildman–Crippen LogP) is 6.08. The maximum Gasteiger partial charge on any atom is 0.173 e. The first-order valence-electron chi connectivity index (χ1n) is 14.2. The number of hydrogen-bond donors (Lipinski definition) is 0. The van der Waals surface area contributed by atoms with Crippen LogP contribution in [0.5, 0.6) is 0 Å².